The van der Waals surface area contributed by atoms with Crippen molar-refractivity contribution in [3.05, 3.63) is 29.3 Å². The molecule has 3 atom stereocenters. The standard InChI is InChI=1S/C17H23NO/c18-16(15-9-13-8-14(13)10-15)3-1-11-2-4-17-12(7-11)5-6-19-17/h2,4,7,13-16H,1,3,5-6,8-10,18H2. The number of hydrogen-bond acceptors (Lipinski definition) is 2. The Balaban J connectivity index is 1.34. The van der Waals surface area contributed by atoms with Gasteiger partial charge in [0.25, 0.3) is 0 Å². The summed E-state index contributed by atoms with van der Waals surface area (Å²) in [5, 5.41) is 0. The van der Waals surface area contributed by atoms with Crippen molar-refractivity contribution in [3.63, 3.8) is 0 Å². The Hall–Kier alpha value is -1.02. The molecule has 19 heavy (non-hydrogen) atoms. The molecule has 2 saturated carbocycles. The fourth-order valence-electron chi connectivity index (χ4n) is 4.08. The van der Waals surface area contributed by atoms with E-state index < -0.39 is 0 Å². The Labute approximate surface area is 115 Å². The van der Waals surface area contributed by atoms with Gasteiger partial charge < -0.3 is 10.5 Å². The second-order valence-corrected chi connectivity index (χ2v) is 6.73. The van der Waals surface area contributed by atoms with Crippen LogP contribution in [0.5, 0.6) is 5.75 Å². The third kappa shape index (κ3) is 2.27. The number of rotatable bonds is 4. The van der Waals surface area contributed by atoms with Gasteiger partial charge in [-0.3, -0.25) is 0 Å². The molecule has 2 N–H and O–H groups in total. The average molecular weight is 257 g/mol. The summed E-state index contributed by atoms with van der Waals surface area (Å²) in [4.78, 5) is 0. The molecule has 2 nitrogen and oxygen atoms in total. The molecular formula is C17H23NO. The average Bonchev–Trinajstić information content (AvgIpc) is 2.87. The predicted octanol–water partition coefficient (Wildman–Crippen LogP) is 2.93. The van der Waals surface area contributed by atoms with Crippen LogP contribution in [0.15, 0.2) is 18.2 Å². The first-order chi connectivity index (χ1) is 9.29. The molecule has 1 aromatic carbocycles. The van der Waals surface area contributed by atoms with E-state index in [2.05, 4.69) is 18.2 Å². The van der Waals surface area contributed by atoms with Crippen LogP contribution in [0.3, 0.4) is 0 Å². The summed E-state index contributed by atoms with van der Waals surface area (Å²) in [6, 6.07) is 7.08. The monoisotopic (exact) mass is 257 g/mol. The molecule has 0 saturated heterocycles. The van der Waals surface area contributed by atoms with Gasteiger partial charge in [-0.05, 0) is 67.1 Å². The molecule has 0 radical (unpaired) electrons. The number of nitrogens with two attached hydrogens (primary N) is 1. The van der Waals surface area contributed by atoms with Crippen molar-refractivity contribution in [1.29, 1.82) is 0 Å². The molecule has 0 bridgehead atoms. The van der Waals surface area contributed by atoms with Gasteiger partial charge in [0.05, 0.1) is 6.61 Å². The van der Waals surface area contributed by atoms with E-state index in [4.69, 9.17) is 10.5 Å². The van der Waals surface area contributed by atoms with Gasteiger partial charge in [0.15, 0.2) is 0 Å². The van der Waals surface area contributed by atoms with Gasteiger partial charge in [0.1, 0.15) is 5.75 Å². The lowest BCUT2D eigenvalue weighted by Gasteiger charge is -2.20. The maximum Gasteiger partial charge on any atom is 0.122 e. The molecule has 1 aromatic rings. The highest BCUT2D eigenvalue weighted by Crippen LogP contribution is 2.55. The van der Waals surface area contributed by atoms with Crippen molar-refractivity contribution >= 4 is 0 Å². The number of hydrogen-bond donors (Lipinski definition) is 1. The lowest BCUT2D eigenvalue weighted by Crippen LogP contribution is -2.29. The quantitative estimate of drug-likeness (QED) is 0.900. The Morgan fingerprint density at radius 2 is 2.05 bits per heavy atom. The molecule has 4 rings (SSSR count). The van der Waals surface area contributed by atoms with Crippen molar-refractivity contribution < 1.29 is 4.74 Å². The highest BCUT2D eigenvalue weighted by molar-refractivity contribution is 5.39. The lowest BCUT2D eigenvalue weighted by molar-refractivity contribution is 0.356. The summed E-state index contributed by atoms with van der Waals surface area (Å²) in [6.45, 7) is 0.850. The van der Waals surface area contributed by atoms with Crippen LogP contribution in [0.2, 0.25) is 0 Å². The maximum absolute atomic E-state index is 6.40. The predicted molar refractivity (Wildman–Crippen MR) is 76.3 cm³/mol. The zero-order valence-corrected chi connectivity index (χ0v) is 11.5. The minimum atomic E-state index is 0.414. The molecule has 0 spiro atoms. The molecule has 1 aliphatic heterocycles. The SMILES string of the molecule is NC(CCc1ccc2c(c1)CCO2)C1CC2CC2C1. The molecule has 1 heterocycles. The third-order valence-electron chi connectivity index (χ3n) is 5.41. The molecule has 2 aliphatic carbocycles. The van der Waals surface area contributed by atoms with Crippen LogP contribution in [0.4, 0.5) is 0 Å². The van der Waals surface area contributed by atoms with Gasteiger partial charge in [-0.25, -0.2) is 0 Å². The van der Waals surface area contributed by atoms with E-state index in [9.17, 15) is 0 Å². The van der Waals surface area contributed by atoms with E-state index in [1.54, 1.807) is 0 Å². The molecule has 102 valence electrons. The summed E-state index contributed by atoms with van der Waals surface area (Å²) in [7, 11) is 0. The highest BCUT2D eigenvalue weighted by Gasteiger charge is 2.47. The summed E-state index contributed by atoms with van der Waals surface area (Å²) in [5.74, 6) is 3.99. The van der Waals surface area contributed by atoms with Gasteiger partial charge in [-0.15, -0.1) is 0 Å². The normalized spacial score (nSPS) is 32.6. The molecule has 3 aliphatic rings. The second kappa shape index (κ2) is 4.52. The first kappa shape index (κ1) is 11.8. The van der Waals surface area contributed by atoms with E-state index in [0.29, 0.717) is 6.04 Å². The molecular weight excluding hydrogens is 234 g/mol. The second-order valence-electron chi connectivity index (χ2n) is 6.73. The fourth-order valence-corrected chi connectivity index (χ4v) is 4.08. The molecule has 3 unspecified atom stereocenters. The number of benzene rings is 1. The largest absolute Gasteiger partial charge is 0.493 e. The van der Waals surface area contributed by atoms with Gasteiger partial charge in [-0.1, -0.05) is 12.1 Å². The highest BCUT2D eigenvalue weighted by atomic mass is 16.5. The first-order valence-corrected chi connectivity index (χ1v) is 7.80. The maximum atomic E-state index is 6.40. The van der Waals surface area contributed by atoms with Gasteiger partial charge >= 0.3 is 0 Å². The number of fused-ring (bicyclic) bond motifs is 2. The van der Waals surface area contributed by atoms with E-state index >= 15 is 0 Å². The topological polar surface area (TPSA) is 35.2 Å². The molecule has 0 amide bonds. The minimum Gasteiger partial charge on any atom is -0.493 e. The minimum absolute atomic E-state index is 0.414. The summed E-state index contributed by atoms with van der Waals surface area (Å²) in [6.07, 6.45) is 7.65. The zero-order valence-electron chi connectivity index (χ0n) is 11.5. The van der Waals surface area contributed by atoms with Crippen molar-refractivity contribution in [2.45, 2.75) is 44.6 Å². The van der Waals surface area contributed by atoms with Crippen LogP contribution >= 0.6 is 0 Å². The Kier molecular flexibility index (Phi) is 2.80. The van der Waals surface area contributed by atoms with E-state index in [1.807, 2.05) is 0 Å². The van der Waals surface area contributed by atoms with Crippen LogP contribution in [-0.2, 0) is 12.8 Å². The van der Waals surface area contributed by atoms with Crippen LogP contribution in [-0.4, -0.2) is 12.6 Å². The molecule has 0 aromatic heterocycles. The van der Waals surface area contributed by atoms with E-state index in [-0.39, 0.29) is 0 Å². The van der Waals surface area contributed by atoms with Crippen LogP contribution in [0.1, 0.15) is 36.8 Å². The summed E-state index contributed by atoms with van der Waals surface area (Å²) >= 11 is 0. The van der Waals surface area contributed by atoms with Crippen molar-refractivity contribution in [1.82, 2.24) is 0 Å². The van der Waals surface area contributed by atoms with Crippen LogP contribution in [0.25, 0.3) is 0 Å². The van der Waals surface area contributed by atoms with E-state index in [1.165, 1.54) is 30.4 Å². The smallest absolute Gasteiger partial charge is 0.122 e. The number of aryl methyl sites for hydroxylation is 1. The number of ether oxygens (including phenoxy) is 1. The van der Waals surface area contributed by atoms with Crippen molar-refractivity contribution in [3.8, 4) is 5.75 Å². The summed E-state index contributed by atoms with van der Waals surface area (Å²) < 4.78 is 5.55. The lowest BCUT2D eigenvalue weighted by atomic mass is 9.90. The molecule has 2 fully saturated rings. The van der Waals surface area contributed by atoms with Crippen molar-refractivity contribution in [2.75, 3.05) is 6.61 Å². The van der Waals surface area contributed by atoms with Gasteiger partial charge in [0, 0.05) is 12.5 Å². The Bertz CT molecular complexity index is 474. The Morgan fingerprint density at radius 1 is 1.21 bits per heavy atom. The van der Waals surface area contributed by atoms with Crippen LogP contribution in [0, 0.1) is 17.8 Å². The zero-order chi connectivity index (χ0) is 12.8. The molecule has 2 heteroatoms. The fraction of sp³-hybridized carbons (Fsp3) is 0.647. The van der Waals surface area contributed by atoms with Crippen molar-refractivity contribution in [2.24, 2.45) is 23.5 Å². The summed E-state index contributed by atoms with van der Waals surface area (Å²) in [5.41, 5.74) is 9.21. The van der Waals surface area contributed by atoms with Gasteiger partial charge in [-0.2, -0.15) is 0 Å². The third-order valence-corrected chi connectivity index (χ3v) is 5.41. The van der Waals surface area contributed by atoms with E-state index in [0.717, 1.165) is 49.4 Å². The Morgan fingerprint density at radius 3 is 2.89 bits per heavy atom. The van der Waals surface area contributed by atoms with Crippen LogP contribution < -0.4 is 10.5 Å². The first-order valence-electron chi connectivity index (χ1n) is 7.80. The van der Waals surface area contributed by atoms with Gasteiger partial charge in [0.2, 0.25) is 0 Å².